The van der Waals surface area contributed by atoms with Gasteiger partial charge >= 0.3 is 0 Å². The Kier molecular flexibility index (Phi) is 2.84. The molecule has 0 aliphatic carbocycles. The van der Waals surface area contributed by atoms with E-state index < -0.39 is 0 Å². The van der Waals surface area contributed by atoms with Gasteiger partial charge < -0.3 is 10.3 Å². The first-order valence-electron chi connectivity index (χ1n) is 5.61. The van der Waals surface area contributed by atoms with Crippen molar-refractivity contribution in [3.63, 3.8) is 0 Å². The van der Waals surface area contributed by atoms with Gasteiger partial charge in [0.2, 0.25) is 0 Å². The molecule has 2 N–H and O–H groups in total. The fourth-order valence-electron chi connectivity index (χ4n) is 2.12. The molecule has 1 aromatic carbocycles. The molecule has 2 heterocycles. The second-order valence-electron chi connectivity index (χ2n) is 4.16. The van der Waals surface area contributed by atoms with Crippen molar-refractivity contribution in [1.29, 1.82) is 0 Å². The average Bonchev–Trinajstić information content (AvgIpc) is 2.68. The van der Waals surface area contributed by atoms with Crippen molar-refractivity contribution in [3.05, 3.63) is 40.5 Å². The molecular formula is C13H10Cl2N4. The third-order valence-corrected chi connectivity index (χ3v) is 3.63. The third-order valence-electron chi connectivity index (χ3n) is 3.00. The Morgan fingerprint density at radius 2 is 1.84 bits per heavy atom. The molecule has 0 spiro atoms. The van der Waals surface area contributed by atoms with Crippen LogP contribution in [0.15, 0.2) is 30.5 Å². The summed E-state index contributed by atoms with van der Waals surface area (Å²) in [6, 6.07) is 7.17. The molecule has 0 amide bonds. The van der Waals surface area contributed by atoms with Gasteiger partial charge in [-0.3, -0.25) is 0 Å². The Morgan fingerprint density at radius 3 is 2.47 bits per heavy atom. The van der Waals surface area contributed by atoms with E-state index >= 15 is 0 Å². The van der Waals surface area contributed by atoms with Gasteiger partial charge in [0.15, 0.2) is 0 Å². The number of aromatic nitrogens is 3. The van der Waals surface area contributed by atoms with Crippen LogP contribution in [0.4, 0.5) is 5.82 Å². The highest BCUT2D eigenvalue weighted by atomic mass is 35.5. The summed E-state index contributed by atoms with van der Waals surface area (Å²) in [5.74, 6) is 1.10. The summed E-state index contributed by atoms with van der Waals surface area (Å²) in [6.07, 6.45) is 1.63. The van der Waals surface area contributed by atoms with E-state index in [1.165, 1.54) is 0 Å². The van der Waals surface area contributed by atoms with Gasteiger partial charge in [-0.1, -0.05) is 29.3 Å². The first-order chi connectivity index (χ1) is 9.09. The van der Waals surface area contributed by atoms with Gasteiger partial charge in [0.1, 0.15) is 17.2 Å². The molecule has 0 saturated carbocycles. The highest BCUT2D eigenvalue weighted by molar-refractivity contribution is 6.39. The van der Waals surface area contributed by atoms with Crippen LogP contribution in [0, 0.1) is 0 Å². The summed E-state index contributed by atoms with van der Waals surface area (Å²) in [6.45, 7) is 0. The number of imidazole rings is 1. The summed E-state index contributed by atoms with van der Waals surface area (Å²) >= 11 is 12.4. The number of anilines is 1. The molecule has 6 heteroatoms. The lowest BCUT2D eigenvalue weighted by molar-refractivity contribution is 0.958. The zero-order chi connectivity index (χ0) is 13.6. The number of nitrogens with zero attached hydrogens (tertiary/aromatic N) is 3. The molecule has 3 rings (SSSR count). The van der Waals surface area contributed by atoms with Gasteiger partial charge in [0, 0.05) is 13.2 Å². The smallest absolute Gasteiger partial charge is 0.149 e. The molecule has 0 atom stereocenters. The molecule has 96 valence electrons. The molecule has 2 aromatic heterocycles. The van der Waals surface area contributed by atoms with E-state index in [9.17, 15) is 0 Å². The average molecular weight is 293 g/mol. The number of nitrogen functional groups attached to an aromatic ring is 1. The van der Waals surface area contributed by atoms with E-state index in [0.717, 1.165) is 11.0 Å². The van der Waals surface area contributed by atoms with E-state index in [-0.39, 0.29) is 0 Å². The minimum absolute atomic E-state index is 0.432. The second-order valence-corrected chi connectivity index (χ2v) is 4.97. The lowest BCUT2D eigenvalue weighted by Gasteiger charge is -2.07. The van der Waals surface area contributed by atoms with E-state index in [1.807, 2.05) is 11.6 Å². The molecule has 4 nitrogen and oxygen atoms in total. The maximum Gasteiger partial charge on any atom is 0.149 e. The number of fused-ring (bicyclic) bond motifs is 1. The second kappa shape index (κ2) is 4.40. The third kappa shape index (κ3) is 1.84. The van der Waals surface area contributed by atoms with Crippen LogP contribution in [0.5, 0.6) is 0 Å². The number of rotatable bonds is 1. The van der Waals surface area contributed by atoms with E-state index in [0.29, 0.717) is 27.3 Å². The highest BCUT2D eigenvalue weighted by Crippen LogP contribution is 2.35. The first-order valence-corrected chi connectivity index (χ1v) is 6.36. The SMILES string of the molecule is Cn1c(-c2c(Cl)cccc2Cl)nc2ccnc(N)c21. The Balaban J connectivity index is 2.38. The standard InChI is InChI=1S/C13H10Cl2N4/c1-19-11-9(5-6-17-12(11)16)18-13(19)10-7(14)3-2-4-8(10)15/h2-6H,1H3,(H2,16,17). The largest absolute Gasteiger partial charge is 0.382 e. The van der Waals surface area contributed by atoms with Gasteiger partial charge in [0.25, 0.3) is 0 Å². The van der Waals surface area contributed by atoms with Crippen LogP contribution >= 0.6 is 23.2 Å². The topological polar surface area (TPSA) is 56.7 Å². The minimum Gasteiger partial charge on any atom is -0.382 e. The van der Waals surface area contributed by atoms with Gasteiger partial charge in [-0.25, -0.2) is 9.97 Å². The number of halogens is 2. The first kappa shape index (κ1) is 12.3. The van der Waals surface area contributed by atoms with E-state index in [1.54, 1.807) is 30.5 Å². The quantitative estimate of drug-likeness (QED) is 0.746. The van der Waals surface area contributed by atoms with Gasteiger partial charge in [0.05, 0.1) is 21.1 Å². The number of aryl methyl sites for hydroxylation is 1. The van der Waals surface area contributed by atoms with Crippen molar-refractivity contribution in [2.75, 3.05) is 5.73 Å². The fraction of sp³-hybridized carbons (Fsp3) is 0.0769. The molecule has 0 aliphatic heterocycles. The van der Waals surface area contributed by atoms with Crippen LogP contribution in [-0.4, -0.2) is 14.5 Å². The minimum atomic E-state index is 0.432. The zero-order valence-electron chi connectivity index (χ0n) is 10.1. The normalized spacial score (nSPS) is 11.1. The summed E-state index contributed by atoms with van der Waals surface area (Å²) in [4.78, 5) is 8.61. The Morgan fingerprint density at radius 1 is 1.16 bits per heavy atom. The van der Waals surface area contributed by atoms with Gasteiger partial charge in [-0.05, 0) is 18.2 Å². The van der Waals surface area contributed by atoms with Crippen molar-refractivity contribution in [2.24, 2.45) is 7.05 Å². The lowest BCUT2D eigenvalue weighted by atomic mass is 10.2. The number of hydrogen-bond donors (Lipinski definition) is 1. The van der Waals surface area contributed by atoms with Crippen molar-refractivity contribution in [1.82, 2.24) is 14.5 Å². The maximum atomic E-state index is 6.22. The van der Waals surface area contributed by atoms with E-state index in [2.05, 4.69) is 9.97 Å². The van der Waals surface area contributed by atoms with E-state index in [4.69, 9.17) is 28.9 Å². The highest BCUT2D eigenvalue weighted by Gasteiger charge is 2.17. The molecule has 0 radical (unpaired) electrons. The summed E-state index contributed by atoms with van der Waals surface area (Å²) in [5.41, 5.74) is 8.12. The predicted octanol–water partition coefficient (Wildman–Crippen LogP) is 3.52. The summed E-state index contributed by atoms with van der Waals surface area (Å²) in [7, 11) is 1.86. The van der Waals surface area contributed by atoms with Crippen molar-refractivity contribution >= 4 is 40.1 Å². The summed E-state index contributed by atoms with van der Waals surface area (Å²) in [5, 5.41) is 1.11. The van der Waals surface area contributed by atoms with Crippen molar-refractivity contribution in [3.8, 4) is 11.4 Å². The molecular weight excluding hydrogens is 283 g/mol. The molecule has 0 saturated heterocycles. The number of hydrogen-bond acceptors (Lipinski definition) is 3. The van der Waals surface area contributed by atoms with Crippen LogP contribution in [0.1, 0.15) is 0 Å². The number of pyridine rings is 1. The fourth-order valence-corrected chi connectivity index (χ4v) is 2.69. The lowest BCUT2D eigenvalue weighted by Crippen LogP contribution is -1.98. The predicted molar refractivity (Wildman–Crippen MR) is 78.4 cm³/mol. The molecule has 3 aromatic rings. The van der Waals surface area contributed by atoms with Crippen LogP contribution in [0.3, 0.4) is 0 Å². The molecule has 0 aliphatic rings. The van der Waals surface area contributed by atoms with Gasteiger partial charge in [-0.2, -0.15) is 0 Å². The maximum absolute atomic E-state index is 6.22. The molecule has 0 unspecified atom stereocenters. The van der Waals surface area contributed by atoms with Gasteiger partial charge in [-0.15, -0.1) is 0 Å². The Labute approximate surface area is 119 Å². The number of benzene rings is 1. The van der Waals surface area contributed by atoms with Crippen LogP contribution in [-0.2, 0) is 7.05 Å². The van der Waals surface area contributed by atoms with Crippen LogP contribution < -0.4 is 5.73 Å². The molecule has 0 fully saturated rings. The number of nitrogens with two attached hydrogens (primary N) is 1. The Hall–Kier alpha value is -1.78. The van der Waals surface area contributed by atoms with Crippen LogP contribution in [0.25, 0.3) is 22.4 Å². The zero-order valence-corrected chi connectivity index (χ0v) is 11.6. The van der Waals surface area contributed by atoms with Crippen LogP contribution in [0.2, 0.25) is 10.0 Å². The monoisotopic (exact) mass is 292 g/mol. The molecule has 19 heavy (non-hydrogen) atoms. The Bertz CT molecular complexity index is 759. The van der Waals surface area contributed by atoms with Crippen molar-refractivity contribution < 1.29 is 0 Å². The van der Waals surface area contributed by atoms with Crippen molar-refractivity contribution in [2.45, 2.75) is 0 Å². The summed E-state index contributed by atoms with van der Waals surface area (Å²) < 4.78 is 1.85. The molecule has 0 bridgehead atoms.